The Balaban J connectivity index is 1.71. The van der Waals surface area contributed by atoms with Crippen molar-refractivity contribution in [3.8, 4) is 0 Å². The van der Waals surface area contributed by atoms with Gasteiger partial charge in [-0.05, 0) is 51.6 Å². The van der Waals surface area contributed by atoms with Crippen molar-refractivity contribution in [3.05, 3.63) is 0 Å². The van der Waals surface area contributed by atoms with Gasteiger partial charge in [0.15, 0.2) is 0 Å². The van der Waals surface area contributed by atoms with Gasteiger partial charge in [-0.25, -0.2) is 0 Å². The molecule has 0 aromatic heterocycles. The highest BCUT2D eigenvalue weighted by Crippen LogP contribution is 2.21. The summed E-state index contributed by atoms with van der Waals surface area (Å²) in [5.41, 5.74) is 0. The number of hydrogen-bond acceptors (Lipinski definition) is 3. The second kappa shape index (κ2) is 6.72. The molecule has 0 bridgehead atoms. The minimum Gasteiger partial charge on any atom is -0.381 e. The minimum absolute atomic E-state index is 0.735. The Hall–Kier alpha value is -0.120. The first-order chi connectivity index (χ1) is 8.29. The predicted molar refractivity (Wildman–Crippen MR) is 71.3 cm³/mol. The van der Waals surface area contributed by atoms with Crippen molar-refractivity contribution >= 4 is 0 Å². The van der Waals surface area contributed by atoms with Crippen LogP contribution < -0.4 is 5.32 Å². The molecule has 0 spiro atoms. The number of ether oxygens (including phenoxy) is 1. The highest BCUT2D eigenvalue weighted by atomic mass is 16.5. The molecule has 3 nitrogen and oxygen atoms in total. The average molecular weight is 240 g/mol. The van der Waals surface area contributed by atoms with E-state index in [9.17, 15) is 0 Å². The van der Waals surface area contributed by atoms with Gasteiger partial charge in [0.1, 0.15) is 0 Å². The zero-order chi connectivity index (χ0) is 12.1. The summed E-state index contributed by atoms with van der Waals surface area (Å²) in [4.78, 5) is 2.67. The summed E-state index contributed by atoms with van der Waals surface area (Å²) >= 11 is 0. The average Bonchev–Trinajstić information content (AvgIpc) is 2.82. The smallest absolute Gasteiger partial charge is 0.0507 e. The van der Waals surface area contributed by atoms with Crippen LogP contribution >= 0.6 is 0 Å². The van der Waals surface area contributed by atoms with Crippen LogP contribution in [0, 0.1) is 5.92 Å². The van der Waals surface area contributed by atoms with Crippen LogP contribution in [0.2, 0.25) is 0 Å². The number of hydrogen-bond donors (Lipinski definition) is 1. The second-order valence-electron chi connectivity index (χ2n) is 5.75. The summed E-state index contributed by atoms with van der Waals surface area (Å²) in [6.07, 6.45) is 5.14. The Labute approximate surface area is 106 Å². The summed E-state index contributed by atoms with van der Waals surface area (Å²) in [6.45, 7) is 10.3. The van der Waals surface area contributed by atoms with Crippen LogP contribution in [0.4, 0.5) is 0 Å². The van der Waals surface area contributed by atoms with E-state index < -0.39 is 0 Å². The van der Waals surface area contributed by atoms with Crippen molar-refractivity contribution in [3.63, 3.8) is 0 Å². The Morgan fingerprint density at radius 2 is 2.24 bits per heavy atom. The zero-order valence-corrected chi connectivity index (χ0v) is 11.5. The van der Waals surface area contributed by atoms with Crippen LogP contribution in [-0.4, -0.2) is 49.8 Å². The molecular weight excluding hydrogens is 212 g/mol. The molecule has 0 aromatic rings. The van der Waals surface area contributed by atoms with Crippen molar-refractivity contribution in [1.82, 2.24) is 10.2 Å². The summed E-state index contributed by atoms with van der Waals surface area (Å²) in [6, 6.07) is 1.49. The van der Waals surface area contributed by atoms with Gasteiger partial charge in [-0.2, -0.15) is 0 Å². The molecule has 3 atom stereocenters. The quantitative estimate of drug-likeness (QED) is 0.794. The molecule has 3 heteroatoms. The number of nitrogens with one attached hydrogen (secondary N) is 1. The molecule has 2 aliphatic rings. The lowest BCUT2D eigenvalue weighted by molar-refractivity contribution is 0.107. The van der Waals surface area contributed by atoms with E-state index in [4.69, 9.17) is 4.74 Å². The van der Waals surface area contributed by atoms with Crippen LogP contribution in [0.5, 0.6) is 0 Å². The molecule has 3 unspecified atom stereocenters. The van der Waals surface area contributed by atoms with E-state index in [0.29, 0.717) is 0 Å². The highest BCUT2D eigenvalue weighted by molar-refractivity contribution is 4.84. The third kappa shape index (κ3) is 3.94. The fraction of sp³-hybridized carbons (Fsp3) is 1.00. The van der Waals surface area contributed by atoms with E-state index in [1.807, 2.05) is 0 Å². The lowest BCUT2D eigenvalue weighted by atomic mass is 9.96. The topological polar surface area (TPSA) is 24.5 Å². The standard InChI is InChI=1S/C14H28N2O/c1-3-6-15-14-4-7-16(12(2)9-14)10-13-5-8-17-11-13/h12-15H,3-11H2,1-2H3. The molecule has 0 aromatic carbocycles. The van der Waals surface area contributed by atoms with Crippen molar-refractivity contribution in [2.75, 3.05) is 32.8 Å². The van der Waals surface area contributed by atoms with E-state index in [2.05, 4.69) is 24.1 Å². The lowest BCUT2D eigenvalue weighted by Gasteiger charge is -2.39. The van der Waals surface area contributed by atoms with E-state index in [1.165, 1.54) is 45.3 Å². The van der Waals surface area contributed by atoms with Crippen molar-refractivity contribution in [2.45, 2.75) is 51.6 Å². The molecule has 0 saturated carbocycles. The molecule has 0 aliphatic carbocycles. The molecule has 2 rings (SSSR count). The van der Waals surface area contributed by atoms with Crippen LogP contribution in [-0.2, 0) is 4.74 Å². The van der Waals surface area contributed by atoms with Crippen molar-refractivity contribution < 1.29 is 4.74 Å². The number of rotatable bonds is 5. The van der Waals surface area contributed by atoms with Gasteiger partial charge in [0.25, 0.3) is 0 Å². The molecule has 1 N–H and O–H groups in total. The molecule has 2 fully saturated rings. The molecule has 0 radical (unpaired) electrons. The van der Waals surface area contributed by atoms with E-state index in [-0.39, 0.29) is 0 Å². The SMILES string of the molecule is CCCNC1CCN(CC2CCOC2)C(C)C1. The van der Waals surface area contributed by atoms with Gasteiger partial charge >= 0.3 is 0 Å². The fourth-order valence-corrected chi connectivity index (χ4v) is 3.08. The monoisotopic (exact) mass is 240 g/mol. The van der Waals surface area contributed by atoms with Gasteiger partial charge in [0, 0.05) is 25.2 Å². The first-order valence-electron chi connectivity index (χ1n) is 7.34. The lowest BCUT2D eigenvalue weighted by Crippen LogP contribution is -2.49. The van der Waals surface area contributed by atoms with E-state index in [0.717, 1.165) is 31.2 Å². The summed E-state index contributed by atoms with van der Waals surface area (Å²) in [5.74, 6) is 0.789. The molecule has 2 heterocycles. The molecule has 2 aliphatic heterocycles. The zero-order valence-electron chi connectivity index (χ0n) is 11.5. The molecule has 17 heavy (non-hydrogen) atoms. The Kier molecular flexibility index (Phi) is 5.26. The largest absolute Gasteiger partial charge is 0.381 e. The van der Waals surface area contributed by atoms with E-state index in [1.54, 1.807) is 0 Å². The van der Waals surface area contributed by atoms with Crippen LogP contribution in [0.3, 0.4) is 0 Å². The Morgan fingerprint density at radius 3 is 2.88 bits per heavy atom. The minimum atomic E-state index is 0.735. The van der Waals surface area contributed by atoms with Crippen molar-refractivity contribution in [1.29, 1.82) is 0 Å². The van der Waals surface area contributed by atoms with Crippen molar-refractivity contribution in [2.24, 2.45) is 5.92 Å². The van der Waals surface area contributed by atoms with Crippen LogP contribution in [0.25, 0.3) is 0 Å². The first kappa shape index (κ1) is 13.3. The van der Waals surface area contributed by atoms with Crippen LogP contribution in [0.15, 0.2) is 0 Å². The summed E-state index contributed by atoms with van der Waals surface area (Å²) < 4.78 is 5.47. The number of nitrogens with zero attached hydrogens (tertiary/aromatic N) is 1. The molecule has 2 saturated heterocycles. The normalized spacial score (nSPS) is 35.3. The van der Waals surface area contributed by atoms with Gasteiger partial charge < -0.3 is 15.0 Å². The fourth-order valence-electron chi connectivity index (χ4n) is 3.08. The Morgan fingerprint density at radius 1 is 1.35 bits per heavy atom. The highest BCUT2D eigenvalue weighted by Gasteiger charge is 2.27. The number of piperidine rings is 1. The summed E-state index contributed by atoms with van der Waals surface area (Å²) in [5, 5.41) is 3.66. The maximum Gasteiger partial charge on any atom is 0.0507 e. The maximum absolute atomic E-state index is 5.47. The maximum atomic E-state index is 5.47. The van der Waals surface area contributed by atoms with Gasteiger partial charge in [-0.3, -0.25) is 0 Å². The van der Waals surface area contributed by atoms with Crippen LogP contribution in [0.1, 0.15) is 39.5 Å². The molecule has 0 amide bonds. The van der Waals surface area contributed by atoms with E-state index >= 15 is 0 Å². The van der Waals surface area contributed by atoms with Gasteiger partial charge in [-0.15, -0.1) is 0 Å². The third-order valence-corrected chi connectivity index (χ3v) is 4.21. The van der Waals surface area contributed by atoms with Gasteiger partial charge in [0.05, 0.1) is 6.61 Å². The second-order valence-corrected chi connectivity index (χ2v) is 5.75. The van der Waals surface area contributed by atoms with Gasteiger partial charge in [-0.1, -0.05) is 6.92 Å². The summed E-state index contributed by atoms with van der Waals surface area (Å²) in [7, 11) is 0. The molecule has 100 valence electrons. The predicted octanol–water partition coefficient (Wildman–Crippen LogP) is 1.88. The first-order valence-corrected chi connectivity index (χ1v) is 7.34. The third-order valence-electron chi connectivity index (χ3n) is 4.21. The Bertz CT molecular complexity index is 216. The molecular formula is C14H28N2O. The van der Waals surface area contributed by atoms with Gasteiger partial charge in [0.2, 0.25) is 0 Å². The number of likely N-dealkylation sites (tertiary alicyclic amines) is 1.